The molecule has 0 bridgehead atoms. The lowest BCUT2D eigenvalue weighted by Gasteiger charge is -2.01. The first-order chi connectivity index (χ1) is 12.9. The Hall–Kier alpha value is -3.65. The van der Waals surface area contributed by atoms with Crippen molar-refractivity contribution in [2.45, 2.75) is 0 Å². The third-order valence-corrected chi connectivity index (χ3v) is 3.90. The highest BCUT2D eigenvalue weighted by Crippen LogP contribution is 2.31. The fourth-order valence-corrected chi connectivity index (χ4v) is 2.51. The third-order valence-electron chi connectivity index (χ3n) is 3.59. The number of amides is 1. The number of nitro groups is 1. The molecule has 27 heavy (non-hydrogen) atoms. The number of non-ortho nitro benzene ring substituents is 1. The lowest BCUT2D eigenvalue weighted by atomic mass is 10.1. The Morgan fingerprint density at radius 3 is 2.59 bits per heavy atom. The number of nitrogen functional groups attached to an aromatic ring is 1. The minimum absolute atomic E-state index is 0.109. The van der Waals surface area contributed by atoms with Gasteiger partial charge in [0.15, 0.2) is 0 Å². The molecule has 0 radical (unpaired) electrons. The van der Waals surface area contributed by atoms with Crippen LogP contribution in [0.25, 0.3) is 11.3 Å². The van der Waals surface area contributed by atoms with Crippen molar-refractivity contribution in [2.24, 2.45) is 5.10 Å². The summed E-state index contributed by atoms with van der Waals surface area (Å²) in [5.74, 6) is 0.398. The summed E-state index contributed by atoms with van der Waals surface area (Å²) in [7, 11) is 0. The predicted octanol–water partition coefficient (Wildman–Crippen LogP) is 3.85. The monoisotopic (exact) mass is 384 g/mol. The van der Waals surface area contributed by atoms with Gasteiger partial charge in [0.2, 0.25) is 0 Å². The maximum atomic E-state index is 11.9. The molecular formula is C18H13ClN4O4. The minimum Gasteiger partial charge on any atom is -0.455 e. The van der Waals surface area contributed by atoms with E-state index in [4.69, 9.17) is 21.8 Å². The van der Waals surface area contributed by atoms with Crippen LogP contribution in [0.15, 0.2) is 64.1 Å². The third kappa shape index (κ3) is 4.31. The van der Waals surface area contributed by atoms with Crippen molar-refractivity contribution in [1.82, 2.24) is 5.43 Å². The molecule has 0 saturated carbocycles. The molecule has 0 unspecified atom stereocenters. The summed E-state index contributed by atoms with van der Waals surface area (Å²) in [6.07, 6.45) is 1.33. The summed E-state index contributed by atoms with van der Waals surface area (Å²) >= 11 is 6.08. The molecule has 8 nitrogen and oxygen atoms in total. The highest BCUT2D eigenvalue weighted by Gasteiger charge is 2.13. The van der Waals surface area contributed by atoms with Gasteiger partial charge in [-0.25, -0.2) is 5.43 Å². The number of furan rings is 1. The van der Waals surface area contributed by atoms with Gasteiger partial charge in [-0.2, -0.15) is 5.10 Å². The van der Waals surface area contributed by atoms with E-state index in [-0.39, 0.29) is 10.7 Å². The molecule has 3 N–H and O–H groups in total. The van der Waals surface area contributed by atoms with Crippen LogP contribution in [0.5, 0.6) is 0 Å². The molecule has 3 aromatic rings. The number of nitrogens with one attached hydrogen (secondary N) is 1. The molecule has 0 spiro atoms. The van der Waals surface area contributed by atoms with Crippen molar-refractivity contribution >= 4 is 35.1 Å². The zero-order valence-electron chi connectivity index (χ0n) is 13.8. The Labute approximate surface area is 158 Å². The van der Waals surface area contributed by atoms with Crippen LogP contribution in [-0.4, -0.2) is 17.0 Å². The van der Waals surface area contributed by atoms with Crippen LogP contribution in [0, 0.1) is 10.1 Å². The second-order valence-corrected chi connectivity index (χ2v) is 5.85. The fourth-order valence-electron chi connectivity index (χ4n) is 2.24. The summed E-state index contributed by atoms with van der Waals surface area (Å²) in [6, 6.07) is 13.8. The Morgan fingerprint density at radius 1 is 1.19 bits per heavy atom. The topological polar surface area (TPSA) is 124 Å². The van der Waals surface area contributed by atoms with Crippen molar-refractivity contribution in [3.8, 4) is 11.3 Å². The van der Waals surface area contributed by atoms with Gasteiger partial charge in [0, 0.05) is 28.9 Å². The van der Waals surface area contributed by atoms with Gasteiger partial charge in [0.1, 0.15) is 11.5 Å². The molecule has 1 amide bonds. The van der Waals surface area contributed by atoms with Crippen LogP contribution in [0.3, 0.4) is 0 Å². The van der Waals surface area contributed by atoms with Gasteiger partial charge in [-0.15, -0.1) is 0 Å². The first-order valence-corrected chi connectivity index (χ1v) is 8.05. The summed E-state index contributed by atoms with van der Waals surface area (Å²) in [5.41, 5.74) is 9.32. The highest BCUT2D eigenvalue weighted by atomic mass is 35.5. The van der Waals surface area contributed by atoms with Crippen molar-refractivity contribution in [3.63, 3.8) is 0 Å². The number of hydrogen-bond donors (Lipinski definition) is 2. The van der Waals surface area contributed by atoms with E-state index in [1.807, 2.05) is 0 Å². The largest absolute Gasteiger partial charge is 0.455 e. The number of nitrogens with two attached hydrogens (primary N) is 1. The van der Waals surface area contributed by atoms with E-state index in [9.17, 15) is 14.9 Å². The summed E-state index contributed by atoms with van der Waals surface area (Å²) in [4.78, 5) is 22.2. The predicted molar refractivity (Wildman–Crippen MR) is 102 cm³/mol. The van der Waals surface area contributed by atoms with E-state index < -0.39 is 10.8 Å². The number of hydrazone groups is 1. The molecule has 0 saturated heterocycles. The maximum Gasteiger partial charge on any atom is 0.271 e. The molecule has 9 heteroatoms. The molecule has 0 atom stereocenters. The van der Waals surface area contributed by atoms with Gasteiger partial charge >= 0.3 is 0 Å². The van der Waals surface area contributed by atoms with Crippen LogP contribution >= 0.6 is 11.6 Å². The average molecular weight is 385 g/mol. The smallest absolute Gasteiger partial charge is 0.271 e. The SMILES string of the molecule is Nc1ccc(C(=O)N/N=C\c2ccc(-c3ccc([N+](=O)[O-])cc3Cl)o2)cc1. The number of nitrogens with zero attached hydrogens (tertiary/aromatic N) is 2. The van der Waals surface area contributed by atoms with Gasteiger partial charge in [-0.1, -0.05) is 11.6 Å². The average Bonchev–Trinajstić information content (AvgIpc) is 3.10. The number of carbonyl (C=O) groups is 1. The van der Waals surface area contributed by atoms with Gasteiger partial charge in [-0.3, -0.25) is 14.9 Å². The number of rotatable bonds is 5. The highest BCUT2D eigenvalue weighted by molar-refractivity contribution is 6.33. The standard InChI is InChI=1S/C18H13ClN4O4/c19-16-9-13(23(25)26)5-7-15(16)17-8-6-14(27-17)10-21-22-18(24)11-1-3-12(20)4-2-11/h1-10H,20H2,(H,22,24)/b21-10-. The van der Waals surface area contributed by atoms with Crippen molar-refractivity contribution in [1.29, 1.82) is 0 Å². The fraction of sp³-hybridized carbons (Fsp3) is 0. The quantitative estimate of drug-likeness (QED) is 0.299. The van der Waals surface area contributed by atoms with Crippen molar-refractivity contribution in [3.05, 3.63) is 81.1 Å². The van der Waals surface area contributed by atoms with E-state index in [1.165, 1.54) is 24.4 Å². The number of halogens is 1. The van der Waals surface area contributed by atoms with Crippen LogP contribution < -0.4 is 11.2 Å². The molecule has 136 valence electrons. The van der Waals surface area contributed by atoms with Crippen LogP contribution in [-0.2, 0) is 0 Å². The Morgan fingerprint density at radius 2 is 1.93 bits per heavy atom. The van der Waals surface area contributed by atoms with Gasteiger partial charge < -0.3 is 10.2 Å². The second-order valence-electron chi connectivity index (χ2n) is 5.44. The number of benzene rings is 2. The number of anilines is 1. The van der Waals surface area contributed by atoms with E-state index >= 15 is 0 Å². The molecule has 2 aromatic carbocycles. The van der Waals surface area contributed by atoms with Crippen molar-refractivity contribution < 1.29 is 14.1 Å². The van der Waals surface area contributed by atoms with E-state index in [0.717, 1.165) is 0 Å². The van der Waals surface area contributed by atoms with Gasteiger partial charge in [0.05, 0.1) is 16.2 Å². The second kappa shape index (κ2) is 7.71. The summed E-state index contributed by atoms with van der Waals surface area (Å²) in [5, 5.41) is 14.8. The normalized spacial score (nSPS) is 10.9. The molecule has 1 heterocycles. The number of hydrogen-bond acceptors (Lipinski definition) is 6. The molecule has 0 fully saturated rings. The Balaban J connectivity index is 1.69. The van der Waals surface area contributed by atoms with Crippen LogP contribution in [0.1, 0.15) is 16.1 Å². The van der Waals surface area contributed by atoms with E-state index in [0.29, 0.717) is 28.3 Å². The zero-order valence-corrected chi connectivity index (χ0v) is 14.5. The van der Waals surface area contributed by atoms with Gasteiger partial charge in [0.25, 0.3) is 11.6 Å². The maximum absolute atomic E-state index is 11.9. The van der Waals surface area contributed by atoms with Crippen LogP contribution in [0.4, 0.5) is 11.4 Å². The molecular weight excluding hydrogens is 372 g/mol. The van der Waals surface area contributed by atoms with Crippen LogP contribution in [0.2, 0.25) is 5.02 Å². The first-order valence-electron chi connectivity index (χ1n) is 7.67. The van der Waals surface area contributed by atoms with Crippen molar-refractivity contribution in [2.75, 3.05) is 5.73 Å². The minimum atomic E-state index is -0.528. The number of nitro benzene ring substituents is 1. The van der Waals surface area contributed by atoms with E-state index in [1.54, 1.807) is 36.4 Å². The molecule has 1 aromatic heterocycles. The molecule has 0 aliphatic carbocycles. The molecule has 0 aliphatic heterocycles. The Kier molecular flexibility index (Phi) is 5.18. The molecule has 3 rings (SSSR count). The summed E-state index contributed by atoms with van der Waals surface area (Å²) < 4.78 is 5.58. The lowest BCUT2D eigenvalue weighted by Crippen LogP contribution is -2.17. The zero-order chi connectivity index (χ0) is 19.4. The van der Waals surface area contributed by atoms with E-state index in [2.05, 4.69) is 10.5 Å². The lowest BCUT2D eigenvalue weighted by molar-refractivity contribution is -0.384. The Bertz CT molecular complexity index is 1030. The number of carbonyl (C=O) groups excluding carboxylic acids is 1. The molecule has 0 aliphatic rings. The first kappa shape index (κ1) is 18.2. The summed E-state index contributed by atoms with van der Waals surface area (Å²) in [6.45, 7) is 0. The van der Waals surface area contributed by atoms with Gasteiger partial charge in [-0.05, 0) is 42.5 Å².